The zero-order valence-corrected chi connectivity index (χ0v) is 14.6. The van der Waals surface area contributed by atoms with Gasteiger partial charge in [-0.15, -0.1) is 0 Å². The molecule has 1 aliphatic rings. The summed E-state index contributed by atoms with van der Waals surface area (Å²) < 4.78 is 9.00. The van der Waals surface area contributed by atoms with Crippen LogP contribution in [0.2, 0.25) is 0 Å². The van der Waals surface area contributed by atoms with Crippen LogP contribution in [0.15, 0.2) is 36.7 Å². The molecule has 0 aliphatic carbocycles. The highest BCUT2D eigenvalue weighted by Crippen LogP contribution is 2.21. The summed E-state index contributed by atoms with van der Waals surface area (Å²) in [6.45, 7) is 1.50. The second-order valence-corrected chi connectivity index (χ2v) is 6.54. The van der Waals surface area contributed by atoms with Gasteiger partial charge in [-0.2, -0.15) is 0 Å². The van der Waals surface area contributed by atoms with E-state index in [0.717, 1.165) is 0 Å². The minimum absolute atomic E-state index is 0.137. The van der Waals surface area contributed by atoms with E-state index in [9.17, 15) is 9.59 Å². The van der Waals surface area contributed by atoms with Crippen molar-refractivity contribution in [2.45, 2.75) is 18.4 Å². The maximum atomic E-state index is 12.6. The number of rotatable bonds is 5. The molecule has 0 bridgehead atoms. The minimum atomic E-state index is -0.500. The lowest BCUT2D eigenvalue weighted by atomic mass is 9.89. The Bertz CT molecular complexity index is 756. The molecule has 2 aromatic heterocycles. The highest BCUT2D eigenvalue weighted by molar-refractivity contribution is 5.94. The monoisotopic (exact) mass is 344 g/mol. The number of ether oxygens (including phenoxy) is 1. The molecule has 7 nitrogen and oxygen atoms in total. The number of carbonyl (C=O) groups is 2. The van der Waals surface area contributed by atoms with Gasteiger partial charge in [0, 0.05) is 46.2 Å². The van der Waals surface area contributed by atoms with E-state index in [1.54, 1.807) is 21.3 Å². The first kappa shape index (κ1) is 17.3. The lowest BCUT2D eigenvalue weighted by Gasteiger charge is -2.38. The maximum Gasteiger partial charge on any atom is 0.268 e. The first-order valence-electron chi connectivity index (χ1n) is 8.42. The van der Waals surface area contributed by atoms with Crippen molar-refractivity contribution >= 4 is 11.8 Å². The molecular weight excluding hydrogens is 320 g/mol. The fraction of sp³-hybridized carbons (Fsp3) is 0.444. The summed E-state index contributed by atoms with van der Waals surface area (Å²) in [7, 11) is 3.67. The predicted molar refractivity (Wildman–Crippen MR) is 93.4 cm³/mol. The van der Waals surface area contributed by atoms with Gasteiger partial charge in [-0.3, -0.25) is 9.59 Å². The first-order chi connectivity index (χ1) is 12.0. The fourth-order valence-electron chi connectivity index (χ4n) is 3.15. The fourth-order valence-corrected chi connectivity index (χ4v) is 3.15. The second kappa shape index (κ2) is 7.14. The molecule has 2 aromatic rings. The number of hydrogen-bond acceptors (Lipinski definition) is 3. The SMILES string of the molecule is Cn1cccc1C(=O)NCC1(NC(=O)c2cccn2C)CCOCC1. The van der Waals surface area contributed by atoms with Crippen LogP contribution in [-0.2, 0) is 18.8 Å². The third-order valence-corrected chi connectivity index (χ3v) is 4.77. The zero-order valence-electron chi connectivity index (χ0n) is 14.6. The van der Waals surface area contributed by atoms with Gasteiger partial charge in [-0.05, 0) is 37.1 Å². The van der Waals surface area contributed by atoms with Crippen LogP contribution in [0.25, 0.3) is 0 Å². The molecular formula is C18H24N4O3. The molecule has 1 aliphatic heterocycles. The molecule has 1 fully saturated rings. The quantitative estimate of drug-likeness (QED) is 0.852. The van der Waals surface area contributed by atoms with Gasteiger partial charge in [0.05, 0.1) is 5.54 Å². The summed E-state index contributed by atoms with van der Waals surface area (Å²) in [5, 5.41) is 6.09. The van der Waals surface area contributed by atoms with Gasteiger partial charge >= 0.3 is 0 Å². The zero-order chi connectivity index (χ0) is 17.9. The van der Waals surface area contributed by atoms with Crippen LogP contribution in [0.5, 0.6) is 0 Å². The molecule has 0 spiro atoms. The Morgan fingerprint density at radius 2 is 1.60 bits per heavy atom. The van der Waals surface area contributed by atoms with E-state index in [4.69, 9.17) is 4.74 Å². The second-order valence-electron chi connectivity index (χ2n) is 6.54. The number of carbonyl (C=O) groups excluding carboxylic acids is 2. The van der Waals surface area contributed by atoms with E-state index in [-0.39, 0.29) is 11.8 Å². The Hall–Kier alpha value is -2.54. The van der Waals surface area contributed by atoms with Crippen molar-refractivity contribution < 1.29 is 14.3 Å². The molecule has 134 valence electrons. The average molecular weight is 344 g/mol. The first-order valence-corrected chi connectivity index (χ1v) is 8.42. The van der Waals surface area contributed by atoms with Crippen LogP contribution in [0.4, 0.5) is 0 Å². The number of hydrogen-bond donors (Lipinski definition) is 2. The standard InChI is InChI=1S/C18H24N4O3/c1-21-9-3-5-14(21)16(23)19-13-18(7-11-25-12-8-18)20-17(24)15-6-4-10-22(15)2/h3-6,9-10H,7-8,11-13H2,1-2H3,(H,19,23)(H,20,24). The molecule has 7 heteroatoms. The molecule has 0 unspecified atom stereocenters. The molecule has 3 heterocycles. The molecule has 2 N–H and O–H groups in total. The van der Waals surface area contributed by atoms with Crippen molar-refractivity contribution in [3.8, 4) is 0 Å². The van der Waals surface area contributed by atoms with Crippen molar-refractivity contribution in [2.24, 2.45) is 14.1 Å². The van der Waals surface area contributed by atoms with Crippen LogP contribution in [0.1, 0.15) is 33.8 Å². The van der Waals surface area contributed by atoms with Crippen molar-refractivity contribution in [1.82, 2.24) is 19.8 Å². The van der Waals surface area contributed by atoms with E-state index in [0.29, 0.717) is 44.0 Å². The van der Waals surface area contributed by atoms with E-state index < -0.39 is 5.54 Å². The van der Waals surface area contributed by atoms with Gasteiger partial charge in [0.15, 0.2) is 0 Å². The Labute approximate surface area is 147 Å². The summed E-state index contributed by atoms with van der Waals surface area (Å²) in [6, 6.07) is 7.22. The third kappa shape index (κ3) is 3.76. The van der Waals surface area contributed by atoms with Gasteiger partial charge in [-0.1, -0.05) is 0 Å². The van der Waals surface area contributed by atoms with E-state index in [1.165, 1.54) is 0 Å². The highest BCUT2D eigenvalue weighted by Gasteiger charge is 2.35. The molecule has 2 amide bonds. The number of nitrogens with zero attached hydrogens (tertiary/aromatic N) is 2. The van der Waals surface area contributed by atoms with Crippen molar-refractivity contribution in [3.63, 3.8) is 0 Å². The van der Waals surface area contributed by atoms with E-state index in [1.807, 2.05) is 38.6 Å². The van der Waals surface area contributed by atoms with Crippen LogP contribution >= 0.6 is 0 Å². The highest BCUT2D eigenvalue weighted by atomic mass is 16.5. The van der Waals surface area contributed by atoms with Crippen molar-refractivity contribution in [2.75, 3.05) is 19.8 Å². The van der Waals surface area contributed by atoms with Crippen LogP contribution in [-0.4, -0.2) is 46.2 Å². The molecule has 0 atom stereocenters. The van der Waals surface area contributed by atoms with Crippen LogP contribution < -0.4 is 10.6 Å². The number of aromatic nitrogens is 2. The minimum Gasteiger partial charge on any atom is -0.381 e. The number of amides is 2. The van der Waals surface area contributed by atoms with Gasteiger partial charge in [0.2, 0.25) is 0 Å². The largest absolute Gasteiger partial charge is 0.381 e. The average Bonchev–Trinajstić information content (AvgIpc) is 3.22. The van der Waals surface area contributed by atoms with Crippen LogP contribution in [0.3, 0.4) is 0 Å². The van der Waals surface area contributed by atoms with Gasteiger partial charge < -0.3 is 24.5 Å². The molecule has 0 radical (unpaired) electrons. The summed E-state index contributed by atoms with van der Waals surface area (Å²) in [5.41, 5.74) is 0.691. The number of nitrogens with one attached hydrogen (secondary N) is 2. The molecule has 1 saturated heterocycles. The smallest absolute Gasteiger partial charge is 0.268 e. The Morgan fingerprint density at radius 1 is 1.04 bits per heavy atom. The summed E-state index contributed by atoms with van der Waals surface area (Å²) in [5.74, 6) is -0.283. The normalized spacial score (nSPS) is 16.4. The van der Waals surface area contributed by atoms with E-state index >= 15 is 0 Å². The van der Waals surface area contributed by atoms with Gasteiger partial charge in [0.25, 0.3) is 11.8 Å². The van der Waals surface area contributed by atoms with Crippen LogP contribution in [0, 0.1) is 0 Å². The van der Waals surface area contributed by atoms with Crippen molar-refractivity contribution in [3.05, 3.63) is 48.0 Å². The lowest BCUT2D eigenvalue weighted by Crippen LogP contribution is -2.58. The summed E-state index contributed by atoms with van der Waals surface area (Å²) >= 11 is 0. The molecule has 3 rings (SSSR count). The van der Waals surface area contributed by atoms with Crippen molar-refractivity contribution in [1.29, 1.82) is 0 Å². The predicted octanol–water partition coefficient (Wildman–Crippen LogP) is 1.07. The van der Waals surface area contributed by atoms with Gasteiger partial charge in [-0.25, -0.2) is 0 Å². The third-order valence-electron chi connectivity index (χ3n) is 4.77. The van der Waals surface area contributed by atoms with Gasteiger partial charge in [0.1, 0.15) is 11.4 Å². The molecule has 0 aromatic carbocycles. The number of aryl methyl sites for hydroxylation is 2. The summed E-state index contributed by atoms with van der Waals surface area (Å²) in [6.07, 6.45) is 4.99. The lowest BCUT2D eigenvalue weighted by molar-refractivity contribution is 0.0349. The Morgan fingerprint density at radius 3 is 2.12 bits per heavy atom. The molecule has 0 saturated carbocycles. The maximum absolute atomic E-state index is 12.6. The van der Waals surface area contributed by atoms with E-state index in [2.05, 4.69) is 10.6 Å². The Balaban J connectivity index is 1.70. The summed E-state index contributed by atoms with van der Waals surface area (Å²) in [4.78, 5) is 25.0. The topological polar surface area (TPSA) is 77.3 Å². The Kier molecular flexibility index (Phi) is 4.94. The molecule has 25 heavy (non-hydrogen) atoms.